The number of anilines is 1. The van der Waals surface area contributed by atoms with Gasteiger partial charge in [0.2, 0.25) is 5.95 Å². The van der Waals surface area contributed by atoms with Gasteiger partial charge in [-0.2, -0.15) is 0 Å². The van der Waals surface area contributed by atoms with Crippen LogP contribution in [-0.4, -0.2) is 29.0 Å². The Morgan fingerprint density at radius 1 is 1.43 bits per heavy atom. The fraction of sp³-hybridized carbons (Fsp3) is 0.143. The molecule has 7 heteroatoms. The van der Waals surface area contributed by atoms with Crippen LogP contribution in [0, 0.1) is 0 Å². The highest BCUT2D eigenvalue weighted by molar-refractivity contribution is 6.37. The van der Waals surface area contributed by atoms with E-state index in [1.807, 2.05) is 0 Å². The fourth-order valence-corrected chi connectivity index (χ4v) is 0.720. The lowest BCUT2D eigenvalue weighted by atomic mass is 10.6. The number of carbonyl (C=O) groups is 2. The highest BCUT2D eigenvalue weighted by Gasteiger charge is 2.14. The lowest BCUT2D eigenvalue weighted by Crippen LogP contribution is -2.24. The molecule has 0 bridgehead atoms. The van der Waals surface area contributed by atoms with E-state index in [1.165, 1.54) is 12.4 Å². The van der Waals surface area contributed by atoms with Gasteiger partial charge in [0, 0.05) is 0 Å². The van der Waals surface area contributed by atoms with Crippen LogP contribution < -0.4 is 5.32 Å². The molecule has 6 nitrogen and oxygen atoms in total. The van der Waals surface area contributed by atoms with Crippen LogP contribution in [0.4, 0.5) is 5.95 Å². The molecule has 74 valence electrons. The summed E-state index contributed by atoms with van der Waals surface area (Å²) in [7, 11) is 1.10. The molecule has 1 aromatic rings. The van der Waals surface area contributed by atoms with Crippen LogP contribution in [0.3, 0.4) is 0 Å². The number of nitrogens with zero attached hydrogens (tertiary/aromatic N) is 2. The first-order chi connectivity index (χ1) is 6.63. The normalized spacial score (nSPS) is 9.29. The van der Waals surface area contributed by atoms with Crippen molar-refractivity contribution in [3.05, 3.63) is 17.4 Å². The molecule has 1 heterocycles. The number of rotatable bonds is 1. The predicted molar refractivity (Wildman–Crippen MR) is 47.7 cm³/mol. The average Bonchev–Trinajstić information content (AvgIpc) is 2.20. The molecule has 0 radical (unpaired) electrons. The Labute approximate surface area is 84.3 Å². The summed E-state index contributed by atoms with van der Waals surface area (Å²) < 4.78 is 4.18. The Kier molecular flexibility index (Phi) is 3.35. The first-order valence-corrected chi connectivity index (χ1v) is 3.88. The minimum absolute atomic E-state index is 0.00944. The highest BCUT2D eigenvalue weighted by Crippen LogP contribution is 2.05. The Morgan fingerprint density at radius 2 is 2.00 bits per heavy atom. The van der Waals surface area contributed by atoms with E-state index >= 15 is 0 Å². The zero-order chi connectivity index (χ0) is 10.6. The van der Waals surface area contributed by atoms with Gasteiger partial charge < -0.3 is 4.74 Å². The number of nitrogens with one attached hydrogen (secondary N) is 1. The second kappa shape index (κ2) is 4.52. The van der Waals surface area contributed by atoms with Gasteiger partial charge in [0.25, 0.3) is 0 Å². The number of halogens is 1. The third-order valence-corrected chi connectivity index (χ3v) is 1.41. The molecule has 0 aromatic carbocycles. The van der Waals surface area contributed by atoms with Gasteiger partial charge in [-0.05, 0) is 0 Å². The SMILES string of the molecule is COC(=O)C(=O)Nc1ncc(Cl)cn1. The first-order valence-electron chi connectivity index (χ1n) is 3.50. The van der Waals surface area contributed by atoms with Crippen LogP contribution in [-0.2, 0) is 14.3 Å². The van der Waals surface area contributed by atoms with E-state index in [9.17, 15) is 9.59 Å². The van der Waals surface area contributed by atoms with Gasteiger partial charge in [-0.15, -0.1) is 0 Å². The van der Waals surface area contributed by atoms with Crippen molar-refractivity contribution in [3.8, 4) is 0 Å². The fourth-order valence-electron chi connectivity index (χ4n) is 0.622. The van der Waals surface area contributed by atoms with Gasteiger partial charge in [-0.3, -0.25) is 10.1 Å². The van der Waals surface area contributed by atoms with E-state index in [-0.39, 0.29) is 5.95 Å². The molecule has 1 amide bonds. The van der Waals surface area contributed by atoms with Gasteiger partial charge in [-0.25, -0.2) is 14.8 Å². The summed E-state index contributed by atoms with van der Waals surface area (Å²) >= 11 is 5.51. The minimum Gasteiger partial charge on any atom is -0.462 e. The first kappa shape index (κ1) is 10.4. The lowest BCUT2D eigenvalue weighted by Gasteiger charge is -2.00. The third-order valence-electron chi connectivity index (χ3n) is 1.22. The van der Waals surface area contributed by atoms with Crippen molar-refractivity contribution in [2.75, 3.05) is 12.4 Å². The number of ether oxygens (including phenoxy) is 1. The molecule has 0 spiro atoms. The van der Waals surface area contributed by atoms with Crippen molar-refractivity contribution in [2.45, 2.75) is 0 Å². The minimum atomic E-state index is -1.01. The number of hydrogen-bond donors (Lipinski definition) is 1. The summed E-state index contributed by atoms with van der Waals surface area (Å²) in [5.74, 6) is -1.96. The van der Waals surface area contributed by atoms with E-state index in [1.54, 1.807) is 0 Å². The third kappa shape index (κ3) is 2.67. The predicted octanol–water partition coefficient (Wildman–Crippen LogP) is 0.241. The zero-order valence-corrected chi connectivity index (χ0v) is 7.91. The van der Waals surface area contributed by atoms with Crippen LogP contribution in [0.1, 0.15) is 0 Å². The molecule has 0 saturated heterocycles. The largest absolute Gasteiger partial charge is 0.462 e. The van der Waals surface area contributed by atoms with E-state index in [2.05, 4.69) is 20.0 Å². The van der Waals surface area contributed by atoms with Gasteiger partial charge in [0.05, 0.1) is 24.5 Å². The van der Waals surface area contributed by atoms with Crippen molar-refractivity contribution in [3.63, 3.8) is 0 Å². The lowest BCUT2D eigenvalue weighted by molar-refractivity contribution is -0.150. The van der Waals surface area contributed by atoms with Gasteiger partial charge >= 0.3 is 11.9 Å². The summed E-state index contributed by atoms with van der Waals surface area (Å²) in [5.41, 5.74) is 0. The second-order valence-electron chi connectivity index (χ2n) is 2.17. The summed E-state index contributed by atoms with van der Waals surface area (Å²) in [6, 6.07) is 0. The smallest absolute Gasteiger partial charge is 0.396 e. The molecule has 14 heavy (non-hydrogen) atoms. The Balaban J connectivity index is 2.65. The van der Waals surface area contributed by atoms with Crippen molar-refractivity contribution in [2.24, 2.45) is 0 Å². The summed E-state index contributed by atoms with van der Waals surface area (Å²) in [4.78, 5) is 28.9. The number of hydrogen-bond acceptors (Lipinski definition) is 5. The molecule has 0 saturated carbocycles. The molecule has 0 aliphatic heterocycles. The topological polar surface area (TPSA) is 81.2 Å². The second-order valence-corrected chi connectivity index (χ2v) is 2.61. The molecular weight excluding hydrogens is 210 g/mol. The molecule has 0 unspecified atom stereocenters. The number of carbonyl (C=O) groups excluding carboxylic acids is 2. The van der Waals surface area contributed by atoms with E-state index < -0.39 is 11.9 Å². The maximum Gasteiger partial charge on any atom is 0.396 e. The quantitative estimate of drug-likeness (QED) is 0.536. The van der Waals surface area contributed by atoms with Crippen LogP contribution in [0.5, 0.6) is 0 Å². The highest BCUT2D eigenvalue weighted by atomic mass is 35.5. The van der Waals surface area contributed by atoms with Crippen LogP contribution >= 0.6 is 11.6 Å². The number of amides is 1. The van der Waals surface area contributed by atoms with Gasteiger partial charge in [0.15, 0.2) is 0 Å². The molecule has 1 N–H and O–H groups in total. The Bertz CT molecular complexity index is 352. The molecule has 0 aliphatic rings. The van der Waals surface area contributed by atoms with Crippen molar-refractivity contribution < 1.29 is 14.3 Å². The summed E-state index contributed by atoms with van der Waals surface area (Å²) in [6.07, 6.45) is 2.59. The van der Waals surface area contributed by atoms with Crippen molar-refractivity contribution >= 4 is 29.4 Å². The molecule has 1 aromatic heterocycles. The van der Waals surface area contributed by atoms with E-state index in [0.29, 0.717) is 5.02 Å². The van der Waals surface area contributed by atoms with E-state index in [0.717, 1.165) is 7.11 Å². The van der Waals surface area contributed by atoms with Gasteiger partial charge in [-0.1, -0.05) is 11.6 Å². The van der Waals surface area contributed by atoms with Crippen LogP contribution in [0.15, 0.2) is 12.4 Å². The van der Waals surface area contributed by atoms with Gasteiger partial charge in [0.1, 0.15) is 0 Å². The molecule has 0 aliphatic carbocycles. The zero-order valence-electron chi connectivity index (χ0n) is 7.15. The van der Waals surface area contributed by atoms with Crippen LogP contribution in [0.2, 0.25) is 5.02 Å². The maximum atomic E-state index is 10.9. The van der Waals surface area contributed by atoms with E-state index in [4.69, 9.17) is 11.6 Å². The monoisotopic (exact) mass is 215 g/mol. The maximum absolute atomic E-state index is 10.9. The molecular formula is C7H6ClN3O3. The Morgan fingerprint density at radius 3 is 2.50 bits per heavy atom. The number of methoxy groups -OCH3 is 1. The standard InChI is InChI=1S/C7H6ClN3O3/c1-14-6(13)5(12)11-7-9-2-4(8)3-10-7/h2-3H,1H3,(H,9,10,11,12). The average molecular weight is 216 g/mol. The summed E-state index contributed by atoms with van der Waals surface area (Å²) in [6.45, 7) is 0. The molecule has 0 fully saturated rings. The molecule has 0 atom stereocenters. The number of esters is 1. The molecule has 1 rings (SSSR count). The van der Waals surface area contributed by atoms with Crippen LogP contribution in [0.25, 0.3) is 0 Å². The summed E-state index contributed by atoms with van der Waals surface area (Å²) in [5, 5.41) is 2.46. The van der Waals surface area contributed by atoms with Crippen molar-refractivity contribution in [1.29, 1.82) is 0 Å². The number of aromatic nitrogens is 2. The Hall–Kier alpha value is -1.69. The van der Waals surface area contributed by atoms with Crippen molar-refractivity contribution in [1.82, 2.24) is 9.97 Å².